The Morgan fingerprint density at radius 2 is 1.81 bits per heavy atom. The predicted molar refractivity (Wildman–Crippen MR) is 118 cm³/mol. The molecule has 0 aliphatic heterocycles. The lowest BCUT2D eigenvalue weighted by Crippen LogP contribution is -2.21. The summed E-state index contributed by atoms with van der Waals surface area (Å²) in [5.41, 5.74) is -2.16. The van der Waals surface area contributed by atoms with Crippen LogP contribution in [0.4, 0.5) is 32.2 Å². The molecule has 0 bridgehead atoms. The van der Waals surface area contributed by atoms with Crippen LogP contribution in [0.15, 0.2) is 30.3 Å². The highest BCUT2D eigenvalue weighted by molar-refractivity contribution is 5.91. The Bertz CT molecular complexity index is 1250. The van der Waals surface area contributed by atoms with Gasteiger partial charge < -0.3 is 19.9 Å². The van der Waals surface area contributed by atoms with Gasteiger partial charge in [-0.05, 0) is 38.0 Å². The first kappa shape index (κ1) is 26.0. The Balaban J connectivity index is 1.65. The third-order valence-corrected chi connectivity index (χ3v) is 5.55. The number of hydrogen-bond acceptors (Lipinski definition) is 6. The van der Waals surface area contributed by atoms with E-state index in [1.54, 1.807) is 0 Å². The quantitative estimate of drug-likeness (QED) is 0.280. The average molecular weight is 515 g/mol. The standard InChI is InChI=1S/C24H23F6N3O3/c1-13-32-19-10-18(24(28,29)30)20(36-8-7-35-15-5-6-15)9-16(19)22(33-13)31-11-14-3-2-4-17(21(14)25)23(26,27)12-34/h2-4,9-10,15,34H,5-8,11-12H2,1H3,(H,31,32,33). The van der Waals surface area contributed by atoms with Gasteiger partial charge in [-0.3, -0.25) is 0 Å². The summed E-state index contributed by atoms with van der Waals surface area (Å²) in [5, 5.41) is 11.9. The molecule has 1 fully saturated rings. The van der Waals surface area contributed by atoms with Crippen molar-refractivity contribution in [2.24, 2.45) is 0 Å². The van der Waals surface area contributed by atoms with E-state index < -0.39 is 41.4 Å². The number of alkyl halides is 5. The van der Waals surface area contributed by atoms with Crippen LogP contribution in [0.25, 0.3) is 10.9 Å². The van der Waals surface area contributed by atoms with E-state index in [1.165, 1.54) is 19.1 Å². The number of hydrogen-bond donors (Lipinski definition) is 2. The number of aliphatic hydroxyl groups is 1. The molecule has 0 unspecified atom stereocenters. The molecule has 1 aliphatic carbocycles. The van der Waals surface area contributed by atoms with Crippen LogP contribution in [0.2, 0.25) is 0 Å². The minimum atomic E-state index is -4.71. The molecule has 1 heterocycles. The summed E-state index contributed by atoms with van der Waals surface area (Å²) in [4.78, 5) is 8.28. The fourth-order valence-electron chi connectivity index (χ4n) is 3.61. The van der Waals surface area contributed by atoms with Crippen LogP contribution in [0.5, 0.6) is 5.75 Å². The molecule has 0 spiro atoms. The maximum Gasteiger partial charge on any atom is 0.420 e. The van der Waals surface area contributed by atoms with Crippen LogP contribution in [0.3, 0.4) is 0 Å². The number of anilines is 1. The van der Waals surface area contributed by atoms with Crippen molar-refractivity contribution in [3.63, 3.8) is 0 Å². The second-order valence-corrected chi connectivity index (χ2v) is 8.40. The summed E-state index contributed by atoms with van der Waals surface area (Å²) < 4.78 is 94.4. The number of rotatable bonds is 10. The zero-order chi connectivity index (χ0) is 26.1. The molecule has 2 aromatic carbocycles. The molecule has 0 atom stereocenters. The summed E-state index contributed by atoms with van der Waals surface area (Å²) in [5.74, 6) is -5.21. The number of nitrogens with zero attached hydrogens (tertiary/aromatic N) is 2. The number of benzene rings is 2. The van der Waals surface area contributed by atoms with Crippen molar-refractivity contribution in [3.05, 3.63) is 58.7 Å². The number of aromatic nitrogens is 2. The number of aliphatic hydroxyl groups excluding tert-OH is 1. The first-order valence-corrected chi connectivity index (χ1v) is 11.1. The summed E-state index contributed by atoms with van der Waals surface area (Å²) in [6, 6.07) is 5.34. The first-order valence-electron chi connectivity index (χ1n) is 11.1. The van der Waals surface area contributed by atoms with Gasteiger partial charge in [0.05, 0.1) is 29.4 Å². The van der Waals surface area contributed by atoms with Crippen molar-refractivity contribution in [2.45, 2.75) is 44.5 Å². The normalized spacial score (nSPS) is 14.3. The fraction of sp³-hybridized carbons (Fsp3) is 0.417. The highest BCUT2D eigenvalue weighted by Crippen LogP contribution is 2.40. The van der Waals surface area contributed by atoms with Crippen LogP contribution in [0, 0.1) is 12.7 Å². The Morgan fingerprint density at radius 1 is 1.06 bits per heavy atom. The molecule has 194 valence electrons. The Hall–Kier alpha value is -3.12. The van der Waals surface area contributed by atoms with E-state index >= 15 is 0 Å². The summed E-state index contributed by atoms with van der Waals surface area (Å²) in [7, 11) is 0. The number of ether oxygens (including phenoxy) is 2. The summed E-state index contributed by atoms with van der Waals surface area (Å²) in [6.45, 7) is -0.368. The van der Waals surface area contributed by atoms with Crippen molar-refractivity contribution in [1.29, 1.82) is 0 Å². The molecule has 0 radical (unpaired) electrons. The van der Waals surface area contributed by atoms with Crippen LogP contribution in [-0.4, -0.2) is 41.0 Å². The molecule has 4 rings (SSSR count). The fourth-order valence-corrected chi connectivity index (χ4v) is 3.61. The molecule has 6 nitrogen and oxygen atoms in total. The van der Waals surface area contributed by atoms with E-state index in [2.05, 4.69) is 15.3 Å². The second kappa shape index (κ2) is 10.1. The van der Waals surface area contributed by atoms with E-state index in [-0.39, 0.29) is 54.0 Å². The van der Waals surface area contributed by atoms with Gasteiger partial charge in [-0.1, -0.05) is 12.1 Å². The molecule has 1 aromatic heterocycles. The number of aryl methyl sites for hydroxylation is 1. The molecule has 3 aromatic rings. The smallest absolute Gasteiger partial charge is 0.420 e. The largest absolute Gasteiger partial charge is 0.491 e. The third kappa shape index (κ3) is 5.81. The number of fused-ring (bicyclic) bond motifs is 1. The van der Waals surface area contributed by atoms with Crippen LogP contribution in [0.1, 0.15) is 35.4 Å². The van der Waals surface area contributed by atoms with Gasteiger partial charge >= 0.3 is 6.18 Å². The molecule has 1 saturated carbocycles. The van der Waals surface area contributed by atoms with Gasteiger partial charge in [0, 0.05) is 17.5 Å². The second-order valence-electron chi connectivity index (χ2n) is 8.40. The maximum absolute atomic E-state index is 14.7. The van der Waals surface area contributed by atoms with Crippen molar-refractivity contribution < 1.29 is 40.9 Å². The maximum atomic E-state index is 14.7. The SMILES string of the molecule is Cc1nc(NCc2cccc(C(F)(F)CO)c2F)c2cc(OCCOC3CC3)c(C(F)(F)F)cc2n1. The molecule has 0 amide bonds. The minimum Gasteiger partial charge on any atom is -0.491 e. The highest BCUT2D eigenvalue weighted by atomic mass is 19.4. The van der Waals surface area contributed by atoms with Gasteiger partial charge in [0.15, 0.2) is 0 Å². The minimum absolute atomic E-state index is 0.0278. The molecular formula is C24H23F6N3O3. The molecule has 2 N–H and O–H groups in total. The Kier molecular flexibility index (Phi) is 7.28. The molecular weight excluding hydrogens is 492 g/mol. The van der Waals surface area contributed by atoms with Gasteiger partial charge in [-0.25, -0.2) is 14.4 Å². The van der Waals surface area contributed by atoms with Gasteiger partial charge in [-0.2, -0.15) is 22.0 Å². The van der Waals surface area contributed by atoms with E-state index in [4.69, 9.17) is 14.6 Å². The zero-order valence-electron chi connectivity index (χ0n) is 19.1. The first-order chi connectivity index (χ1) is 17.0. The van der Waals surface area contributed by atoms with Crippen molar-refractivity contribution in [2.75, 3.05) is 25.1 Å². The number of nitrogens with one attached hydrogen (secondary N) is 1. The van der Waals surface area contributed by atoms with Crippen molar-refractivity contribution in [1.82, 2.24) is 9.97 Å². The van der Waals surface area contributed by atoms with Crippen molar-refractivity contribution in [3.8, 4) is 5.75 Å². The molecule has 12 heteroatoms. The van der Waals surface area contributed by atoms with Gasteiger partial charge in [0.1, 0.15) is 36.4 Å². The summed E-state index contributed by atoms with van der Waals surface area (Å²) >= 11 is 0. The van der Waals surface area contributed by atoms with Gasteiger partial charge in [0.2, 0.25) is 0 Å². The van der Waals surface area contributed by atoms with Gasteiger partial charge in [0.25, 0.3) is 5.92 Å². The lowest BCUT2D eigenvalue weighted by Gasteiger charge is -2.18. The average Bonchev–Trinajstić information content (AvgIpc) is 3.64. The third-order valence-electron chi connectivity index (χ3n) is 5.55. The van der Waals surface area contributed by atoms with Crippen molar-refractivity contribution >= 4 is 16.7 Å². The predicted octanol–water partition coefficient (Wildman–Crippen LogP) is 5.35. The molecule has 1 aliphatic rings. The van der Waals surface area contributed by atoms with Crippen LogP contribution < -0.4 is 10.1 Å². The topological polar surface area (TPSA) is 76.5 Å². The van der Waals surface area contributed by atoms with E-state index in [0.29, 0.717) is 0 Å². The number of halogens is 6. The Labute approximate surface area is 202 Å². The van der Waals surface area contributed by atoms with E-state index in [0.717, 1.165) is 31.0 Å². The lowest BCUT2D eigenvalue weighted by molar-refractivity contribution is -0.139. The van der Waals surface area contributed by atoms with Gasteiger partial charge in [-0.15, -0.1) is 0 Å². The Morgan fingerprint density at radius 3 is 2.47 bits per heavy atom. The summed E-state index contributed by atoms with van der Waals surface area (Å²) in [6.07, 6.45) is -2.77. The molecule has 36 heavy (non-hydrogen) atoms. The van der Waals surface area contributed by atoms with Crippen LogP contribution in [-0.2, 0) is 23.4 Å². The molecule has 0 saturated heterocycles. The van der Waals surface area contributed by atoms with E-state index in [9.17, 15) is 26.3 Å². The monoisotopic (exact) mass is 515 g/mol. The van der Waals surface area contributed by atoms with Crippen LogP contribution >= 0.6 is 0 Å². The zero-order valence-corrected chi connectivity index (χ0v) is 19.1. The highest BCUT2D eigenvalue weighted by Gasteiger charge is 2.36. The lowest BCUT2D eigenvalue weighted by atomic mass is 10.0. The van der Waals surface area contributed by atoms with E-state index in [1.807, 2.05) is 0 Å².